The van der Waals surface area contributed by atoms with Crippen LogP contribution in [0.5, 0.6) is 5.75 Å². The van der Waals surface area contributed by atoms with Gasteiger partial charge < -0.3 is 14.7 Å². The quantitative estimate of drug-likeness (QED) is 0.861. The lowest BCUT2D eigenvalue weighted by molar-refractivity contribution is -0.0231. The van der Waals surface area contributed by atoms with Gasteiger partial charge in [-0.3, -0.25) is 4.79 Å². The lowest BCUT2D eigenvalue weighted by Crippen LogP contribution is -2.42. The number of amides is 1. The Morgan fingerprint density at radius 3 is 2.64 bits per heavy atom. The number of fused-ring (bicyclic) bond motifs is 1. The van der Waals surface area contributed by atoms with E-state index in [0.29, 0.717) is 47.8 Å². The SMILES string of the molecule is N#Cc1cccc(C(=O)N2C[C@H]3C[C@@H](Oc4cccc(Cl)c4)[C@H](O)C[C@H]3C2)c1. The molecule has 6 heteroatoms. The van der Waals surface area contributed by atoms with Gasteiger partial charge in [-0.15, -0.1) is 0 Å². The molecule has 1 heterocycles. The van der Waals surface area contributed by atoms with E-state index in [1.807, 2.05) is 17.0 Å². The van der Waals surface area contributed by atoms with Crippen molar-refractivity contribution >= 4 is 17.5 Å². The van der Waals surface area contributed by atoms with Crippen LogP contribution in [0.3, 0.4) is 0 Å². The van der Waals surface area contributed by atoms with Gasteiger partial charge in [-0.05, 0) is 61.1 Å². The smallest absolute Gasteiger partial charge is 0.253 e. The zero-order valence-electron chi connectivity index (χ0n) is 15.3. The summed E-state index contributed by atoms with van der Waals surface area (Å²) < 4.78 is 5.99. The monoisotopic (exact) mass is 396 g/mol. The molecule has 28 heavy (non-hydrogen) atoms. The zero-order chi connectivity index (χ0) is 19.7. The van der Waals surface area contributed by atoms with Crippen molar-refractivity contribution in [2.24, 2.45) is 11.8 Å². The molecule has 2 aliphatic rings. The van der Waals surface area contributed by atoms with Gasteiger partial charge in [0.05, 0.1) is 17.7 Å². The van der Waals surface area contributed by atoms with E-state index >= 15 is 0 Å². The first kappa shape index (κ1) is 18.8. The van der Waals surface area contributed by atoms with Gasteiger partial charge in [0.25, 0.3) is 5.91 Å². The topological polar surface area (TPSA) is 73.6 Å². The number of halogens is 1. The Balaban J connectivity index is 1.44. The Labute approximate surface area is 169 Å². The van der Waals surface area contributed by atoms with Crippen LogP contribution in [0.15, 0.2) is 48.5 Å². The summed E-state index contributed by atoms with van der Waals surface area (Å²) in [7, 11) is 0. The van der Waals surface area contributed by atoms with Crippen molar-refractivity contribution in [3.8, 4) is 11.8 Å². The van der Waals surface area contributed by atoms with Gasteiger partial charge in [0.2, 0.25) is 0 Å². The molecule has 4 atom stereocenters. The predicted molar refractivity (Wildman–Crippen MR) is 105 cm³/mol. The minimum atomic E-state index is -0.572. The van der Waals surface area contributed by atoms with Crippen molar-refractivity contribution in [2.75, 3.05) is 13.1 Å². The molecule has 2 aromatic carbocycles. The summed E-state index contributed by atoms with van der Waals surface area (Å²) >= 11 is 6.02. The zero-order valence-corrected chi connectivity index (χ0v) is 16.0. The van der Waals surface area contributed by atoms with Crippen LogP contribution in [-0.2, 0) is 0 Å². The number of nitriles is 1. The molecule has 1 aliphatic heterocycles. The number of aliphatic hydroxyl groups is 1. The summed E-state index contributed by atoms with van der Waals surface area (Å²) in [5.41, 5.74) is 1.01. The molecule has 0 unspecified atom stereocenters. The summed E-state index contributed by atoms with van der Waals surface area (Å²) in [6.07, 6.45) is 0.423. The van der Waals surface area contributed by atoms with E-state index in [1.54, 1.807) is 36.4 Å². The molecule has 1 aliphatic carbocycles. The van der Waals surface area contributed by atoms with Crippen molar-refractivity contribution in [1.82, 2.24) is 4.90 Å². The number of benzene rings is 2. The maximum atomic E-state index is 12.9. The second-order valence-corrected chi connectivity index (χ2v) is 8.01. The van der Waals surface area contributed by atoms with Gasteiger partial charge in [0.15, 0.2) is 0 Å². The molecule has 2 fully saturated rings. The van der Waals surface area contributed by atoms with Gasteiger partial charge in [-0.1, -0.05) is 23.7 Å². The van der Waals surface area contributed by atoms with Gasteiger partial charge in [0, 0.05) is 23.7 Å². The van der Waals surface area contributed by atoms with Crippen molar-refractivity contribution < 1.29 is 14.6 Å². The Kier molecular flexibility index (Phi) is 5.25. The van der Waals surface area contributed by atoms with E-state index in [0.717, 1.165) is 0 Å². The van der Waals surface area contributed by atoms with Crippen molar-refractivity contribution in [1.29, 1.82) is 5.26 Å². The maximum absolute atomic E-state index is 12.9. The first-order valence-electron chi connectivity index (χ1n) is 9.43. The van der Waals surface area contributed by atoms with Gasteiger partial charge in [0.1, 0.15) is 11.9 Å². The van der Waals surface area contributed by atoms with E-state index in [4.69, 9.17) is 21.6 Å². The number of rotatable bonds is 3. The third-order valence-electron chi connectivity index (χ3n) is 5.69. The second-order valence-electron chi connectivity index (χ2n) is 7.58. The Morgan fingerprint density at radius 1 is 1.14 bits per heavy atom. The molecular formula is C22H21ClN2O3. The largest absolute Gasteiger partial charge is 0.488 e. The number of carbonyl (C=O) groups excluding carboxylic acids is 1. The highest BCUT2D eigenvalue weighted by Gasteiger charge is 2.44. The number of carbonyl (C=O) groups is 1. The van der Waals surface area contributed by atoms with Crippen LogP contribution in [0, 0.1) is 23.2 Å². The summed E-state index contributed by atoms with van der Waals surface area (Å²) in [6.45, 7) is 1.27. The van der Waals surface area contributed by atoms with Crippen LogP contribution < -0.4 is 4.74 Å². The molecule has 0 bridgehead atoms. The molecule has 144 valence electrons. The van der Waals surface area contributed by atoms with Crippen molar-refractivity contribution in [3.05, 3.63) is 64.7 Å². The average Bonchev–Trinajstić information content (AvgIpc) is 3.10. The maximum Gasteiger partial charge on any atom is 0.253 e. The number of nitrogens with zero attached hydrogens (tertiary/aromatic N) is 2. The summed E-state index contributed by atoms with van der Waals surface area (Å²) in [5, 5.41) is 20.2. The van der Waals surface area contributed by atoms with Crippen molar-refractivity contribution in [3.63, 3.8) is 0 Å². The van der Waals surface area contributed by atoms with E-state index in [-0.39, 0.29) is 23.8 Å². The van der Waals surface area contributed by atoms with E-state index in [9.17, 15) is 9.90 Å². The van der Waals surface area contributed by atoms with Gasteiger partial charge >= 0.3 is 0 Å². The molecule has 0 spiro atoms. The minimum Gasteiger partial charge on any atom is -0.488 e. The number of likely N-dealkylation sites (tertiary alicyclic amines) is 1. The Bertz CT molecular complexity index is 926. The average molecular weight is 397 g/mol. The lowest BCUT2D eigenvalue weighted by Gasteiger charge is -2.35. The highest BCUT2D eigenvalue weighted by molar-refractivity contribution is 6.30. The predicted octanol–water partition coefficient (Wildman–Crippen LogP) is 3.50. The van der Waals surface area contributed by atoms with E-state index in [1.165, 1.54) is 0 Å². The summed E-state index contributed by atoms with van der Waals surface area (Å²) in [5.74, 6) is 1.13. The lowest BCUT2D eigenvalue weighted by atomic mass is 9.78. The standard InChI is InChI=1S/C22H21ClN2O3/c23-18-5-2-6-19(10-18)28-21-9-17-13-25(12-16(17)8-20(21)26)22(27)15-4-1-3-14(7-15)11-24/h1-7,10,16-17,20-21,26H,8-9,12-13H2/t16-,17+,20+,21+/m0/s1. The normalized spacial score (nSPS) is 26.4. The molecule has 0 radical (unpaired) electrons. The molecule has 0 aromatic heterocycles. The van der Waals surface area contributed by atoms with Gasteiger partial charge in [-0.2, -0.15) is 5.26 Å². The molecule has 5 nitrogen and oxygen atoms in total. The van der Waals surface area contributed by atoms with Crippen LogP contribution in [0.1, 0.15) is 28.8 Å². The highest BCUT2D eigenvalue weighted by Crippen LogP contribution is 2.38. The molecule has 4 rings (SSSR count). The summed E-state index contributed by atoms with van der Waals surface area (Å²) in [6, 6.07) is 16.0. The first-order chi connectivity index (χ1) is 13.5. The Hall–Kier alpha value is -2.55. The fraction of sp³-hybridized carbons (Fsp3) is 0.364. The fourth-order valence-electron chi connectivity index (χ4n) is 4.30. The van der Waals surface area contributed by atoms with Crippen LogP contribution in [-0.4, -0.2) is 41.2 Å². The molecule has 1 amide bonds. The Morgan fingerprint density at radius 2 is 1.89 bits per heavy atom. The number of aliphatic hydroxyl groups excluding tert-OH is 1. The van der Waals surface area contributed by atoms with Crippen LogP contribution in [0.2, 0.25) is 5.02 Å². The fourth-order valence-corrected chi connectivity index (χ4v) is 4.48. The van der Waals surface area contributed by atoms with Crippen molar-refractivity contribution in [2.45, 2.75) is 25.0 Å². The second kappa shape index (κ2) is 7.83. The third-order valence-corrected chi connectivity index (χ3v) is 5.93. The van der Waals surface area contributed by atoms with Crippen LogP contribution in [0.25, 0.3) is 0 Å². The highest BCUT2D eigenvalue weighted by atomic mass is 35.5. The third kappa shape index (κ3) is 3.84. The van der Waals surface area contributed by atoms with Gasteiger partial charge in [-0.25, -0.2) is 0 Å². The van der Waals surface area contributed by atoms with E-state index < -0.39 is 6.10 Å². The minimum absolute atomic E-state index is 0.0618. The summed E-state index contributed by atoms with van der Waals surface area (Å²) in [4.78, 5) is 14.7. The van der Waals surface area contributed by atoms with Crippen LogP contribution >= 0.6 is 11.6 Å². The molecule has 1 saturated heterocycles. The van der Waals surface area contributed by atoms with E-state index in [2.05, 4.69) is 6.07 Å². The van der Waals surface area contributed by atoms with Crippen LogP contribution in [0.4, 0.5) is 0 Å². The first-order valence-corrected chi connectivity index (χ1v) is 9.81. The number of hydrogen-bond donors (Lipinski definition) is 1. The number of ether oxygens (including phenoxy) is 1. The molecular weight excluding hydrogens is 376 g/mol. The molecule has 1 saturated carbocycles. The molecule has 2 aromatic rings. The molecule has 1 N–H and O–H groups in total. The number of hydrogen-bond acceptors (Lipinski definition) is 4.